The van der Waals surface area contributed by atoms with Crippen LogP contribution in [0.15, 0.2) is 18.2 Å². The van der Waals surface area contributed by atoms with Gasteiger partial charge in [0.25, 0.3) is 0 Å². The molecule has 0 fully saturated rings. The van der Waals surface area contributed by atoms with Crippen LogP contribution in [0, 0.1) is 0 Å². The van der Waals surface area contributed by atoms with E-state index < -0.39 is 35.4 Å². The lowest BCUT2D eigenvalue weighted by atomic mass is 10.2. The number of amides is 1. The van der Waals surface area contributed by atoms with Crippen molar-refractivity contribution in [2.24, 2.45) is 0 Å². The molecule has 1 aromatic rings. The minimum atomic E-state index is -1.37. The third-order valence-corrected chi connectivity index (χ3v) is 2.13. The van der Waals surface area contributed by atoms with E-state index in [1.807, 2.05) is 0 Å². The normalized spacial score (nSPS) is 11.4. The summed E-state index contributed by atoms with van der Waals surface area (Å²) in [7, 11) is 0. The number of para-hydroxylation sites is 1. The number of aliphatic carboxylic acids is 1. The van der Waals surface area contributed by atoms with Crippen molar-refractivity contribution in [2.75, 3.05) is 5.32 Å². The van der Waals surface area contributed by atoms with Crippen LogP contribution in [0.5, 0.6) is 5.75 Å². The standard InChI is InChI=1S/C11H11NO7/c1-5(9(14)15)19-11(18)12-7-4-2-3-6(8(7)13)10(16)17/h2-5,13H,1H3,(H,12,18)(H,14,15)(H,16,17). The summed E-state index contributed by atoms with van der Waals surface area (Å²) in [5.41, 5.74) is -0.591. The van der Waals surface area contributed by atoms with Crippen LogP contribution in [0.1, 0.15) is 17.3 Å². The van der Waals surface area contributed by atoms with Crippen LogP contribution in [0.25, 0.3) is 0 Å². The molecular weight excluding hydrogens is 258 g/mol. The number of hydrogen-bond acceptors (Lipinski definition) is 5. The van der Waals surface area contributed by atoms with Crippen molar-refractivity contribution in [1.29, 1.82) is 0 Å². The maximum Gasteiger partial charge on any atom is 0.412 e. The number of aromatic hydroxyl groups is 1. The van der Waals surface area contributed by atoms with Gasteiger partial charge < -0.3 is 20.1 Å². The highest BCUT2D eigenvalue weighted by Gasteiger charge is 2.19. The molecule has 19 heavy (non-hydrogen) atoms. The van der Waals surface area contributed by atoms with Crippen LogP contribution < -0.4 is 5.32 Å². The van der Waals surface area contributed by atoms with Crippen LogP contribution in [-0.4, -0.2) is 39.5 Å². The van der Waals surface area contributed by atoms with E-state index in [9.17, 15) is 19.5 Å². The largest absolute Gasteiger partial charge is 0.505 e. The first-order valence-corrected chi connectivity index (χ1v) is 5.08. The highest BCUT2D eigenvalue weighted by molar-refractivity contribution is 5.96. The van der Waals surface area contributed by atoms with E-state index in [4.69, 9.17) is 10.2 Å². The number of aromatic carboxylic acids is 1. The van der Waals surface area contributed by atoms with Crippen LogP contribution >= 0.6 is 0 Å². The predicted molar refractivity (Wildman–Crippen MR) is 62.3 cm³/mol. The van der Waals surface area contributed by atoms with Gasteiger partial charge in [-0.15, -0.1) is 0 Å². The number of rotatable bonds is 4. The number of hydrogen-bond donors (Lipinski definition) is 4. The van der Waals surface area contributed by atoms with Gasteiger partial charge >= 0.3 is 18.0 Å². The zero-order chi connectivity index (χ0) is 14.6. The fraction of sp³-hybridized carbons (Fsp3) is 0.182. The Morgan fingerprint density at radius 3 is 2.42 bits per heavy atom. The quantitative estimate of drug-likeness (QED) is 0.601. The van der Waals surface area contributed by atoms with Gasteiger partial charge in [-0.25, -0.2) is 14.4 Å². The number of ether oxygens (including phenoxy) is 1. The molecule has 0 saturated carbocycles. The molecule has 102 valence electrons. The van der Waals surface area contributed by atoms with Crippen LogP contribution in [0.3, 0.4) is 0 Å². The fourth-order valence-corrected chi connectivity index (χ4v) is 1.17. The second-order valence-corrected chi connectivity index (χ2v) is 3.52. The first-order valence-electron chi connectivity index (χ1n) is 5.08. The monoisotopic (exact) mass is 269 g/mol. The van der Waals surface area contributed by atoms with Gasteiger partial charge in [0.1, 0.15) is 5.56 Å². The minimum absolute atomic E-state index is 0.192. The van der Waals surface area contributed by atoms with Crippen LogP contribution in [-0.2, 0) is 9.53 Å². The number of benzene rings is 1. The molecule has 0 aliphatic heterocycles. The first-order chi connectivity index (χ1) is 8.82. The van der Waals surface area contributed by atoms with Gasteiger partial charge in [0.15, 0.2) is 11.9 Å². The molecule has 0 aliphatic carbocycles. The summed E-state index contributed by atoms with van der Waals surface area (Å²) in [6.07, 6.45) is -2.49. The van der Waals surface area contributed by atoms with E-state index >= 15 is 0 Å². The Morgan fingerprint density at radius 2 is 1.89 bits per heavy atom. The molecule has 0 saturated heterocycles. The van der Waals surface area contributed by atoms with Gasteiger partial charge in [0.2, 0.25) is 0 Å². The summed E-state index contributed by atoms with van der Waals surface area (Å²) in [5.74, 6) is -3.35. The number of carbonyl (C=O) groups excluding carboxylic acids is 1. The molecule has 0 bridgehead atoms. The topological polar surface area (TPSA) is 133 Å². The third kappa shape index (κ3) is 3.60. The molecule has 0 spiro atoms. The van der Waals surface area contributed by atoms with Gasteiger partial charge in [-0.2, -0.15) is 0 Å². The Bertz CT molecular complexity index is 526. The molecule has 1 atom stereocenters. The summed E-state index contributed by atoms with van der Waals surface area (Å²) >= 11 is 0. The molecule has 1 aromatic carbocycles. The Hall–Kier alpha value is -2.77. The zero-order valence-corrected chi connectivity index (χ0v) is 9.78. The van der Waals surface area contributed by atoms with Crippen molar-refractivity contribution >= 4 is 23.7 Å². The number of nitrogens with one attached hydrogen (secondary N) is 1. The molecular formula is C11H11NO7. The minimum Gasteiger partial charge on any atom is -0.505 e. The summed E-state index contributed by atoms with van der Waals surface area (Å²) in [4.78, 5) is 32.5. The molecule has 1 unspecified atom stereocenters. The number of carboxylic acid groups (broad SMARTS) is 2. The molecule has 0 heterocycles. The van der Waals surface area contributed by atoms with Gasteiger partial charge in [-0.1, -0.05) is 6.07 Å². The Morgan fingerprint density at radius 1 is 1.26 bits per heavy atom. The van der Waals surface area contributed by atoms with Crippen molar-refractivity contribution < 1.29 is 34.4 Å². The van der Waals surface area contributed by atoms with E-state index in [1.54, 1.807) is 0 Å². The lowest BCUT2D eigenvalue weighted by molar-refractivity contribution is -0.145. The number of carbonyl (C=O) groups is 3. The molecule has 8 heteroatoms. The van der Waals surface area contributed by atoms with E-state index in [-0.39, 0.29) is 5.69 Å². The van der Waals surface area contributed by atoms with E-state index in [0.29, 0.717) is 0 Å². The van der Waals surface area contributed by atoms with Crippen LogP contribution in [0.2, 0.25) is 0 Å². The summed E-state index contributed by atoms with van der Waals surface area (Å²) < 4.78 is 4.46. The van der Waals surface area contributed by atoms with E-state index in [0.717, 1.165) is 13.0 Å². The molecule has 8 nitrogen and oxygen atoms in total. The average Bonchev–Trinajstić information content (AvgIpc) is 2.31. The number of phenols is 1. The molecule has 0 radical (unpaired) electrons. The molecule has 0 aliphatic rings. The zero-order valence-electron chi connectivity index (χ0n) is 9.78. The lowest BCUT2D eigenvalue weighted by Gasteiger charge is -2.11. The predicted octanol–water partition coefficient (Wildman–Crippen LogP) is 1.11. The summed E-state index contributed by atoms with van der Waals surface area (Å²) in [6, 6.07) is 3.70. The van der Waals surface area contributed by atoms with Gasteiger partial charge in [-0.3, -0.25) is 5.32 Å². The van der Waals surface area contributed by atoms with Crippen molar-refractivity contribution in [3.63, 3.8) is 0 Å². The Balaban J connectivity index is 2.83. The number of carboxylic acids is 2. The fourth-order valence-electron chi connectivity index (χ4n) is 1.17. The maximum absolute atomic E-state index is 11.3. The van der Waals surface area contributed by atoms with Gasteiger partial charge in [0, 0.05) is 0 Å². The average molecular weight is 269 g/mol. The Labute approximate surface area is 107 Å². The highest BCUT2D eigenvalue weighted by atomic mass is 16.6. The first kappa shape index (κ1) is 14.3. The van der Waals surface area contributed by atoms with E-state index in [1.165, 1.54) is 12.1 Å². The number of anilines is 1. The molecule has 1 rings (SSSR count). The molecule has 4 N–H and O–H groups in total. The Kier molecular flexibility index (Phi) is 4.30. The second kappa shape index (κ2) is 5.71. The maximum atomic E-state index is 11.3. The second-order valence-electron chi connectivity index (χ2n) is 3.52. The summed E-state index contributed by atoms with van der Waals surface area (Å²) in [6.45, 7) is 1.15. The molecule has 1 amide bonds. The van der Waals surface area contributed by atoms with E-state index in [2.05, 4.69) is 10.1 Å². The third-order valence-electron chi connectivity index (χ3n) is 2.13. The molecule has 0 aromatic heterocycles. The SMILES string of the molecule is CC(OC(=O)Nc1cccc(C(=O)O)c1O)C(=O)O. The van der Waals surface area contributed by atoms with Gasteiger partial charge in [0.05, 0.1) is 5.69 Å². The van der Waals surface area contributed by atoms with Crippen molar-refractivity contribution in [3.8, 4) is 5.75 Å². The van der Waals surface area contributed by atoms with Crippen molar-refractivity contribution in [3.05, 3.63) is 23.8 Å². The van der Waals surface area contributed by atoms with Crippen molar-refractivity contribution in [1.82, 2.24) is 0 Å². The van der Waals surface area contributed by atoms with Crippen molar-refractivity contribution in [2.45, 2.75) is 13.0 Å². The van der Waals surface area contributed by atoms with Gasteiger partial charge in [-0.05, 0) is 19.1 Å². The van der Waals surface area contributed by atoms with Crippen LogP contribution in [0.4, 0.5) is 10.5 Å². The lowest BCUT2D eigenvalue weighted by Crippen LogP contribution is -2.26. The summed E-state index contributed by atoms with van der Waals surface area (Å²) in [5, 5.41) is 28.9. The smallest absolute Gasteiger partial charge is 0.412 e. The highest BCUT2D eigenvalue weighted by Crippen LogP contribution is 2.27.